The lowest BCUT2D eigenvalue weighted by Gasteiger charge is -2.33. The molecule has 110 valence electrons. The maximum atomic E-state index is 9.83. The molecule has 0 aromatic heterocycles. The van der Waals surface area contributed by atoms with E-state index in [4.69, 9.17) is 0 Å². The van der Waals surface area contributed by atoms with Crippen molar-refractivity contribution in [1.29, 1.82) is 0 Å². The normalized spacial score (nSPS) is 17.9. The van der Waals surface area contributed by atoms with Gasteiger partial charge in [0.15, 0.2) is 0 Å². The highest BCUT2D eigenvalue weighted by Crippen LogP contribution is 2.31. The maximum Gasteiger partial charge on any atom is 0.0787 e. The van der Waals surface area contributed by atoms with Crippen molar-refractivity contribution in [2.45, 2.75) is 46.6 Å². The van der Waals surface area contributed by atoms with Crippen LogP contribution in [0.5, 0.6) is 0 Å². The van der Waals surface area contributed by atoms with Crippen molar-refractivity contribution < 1.29 is 5.11 Å². The molecule has 1 heterocycles. The second kappa shape index (κ2) is 6.01. The molecule has 1 atom stereocenters. The van der Waals surface area contributed by atoms with Gasteiger partial charge in [-0.3, -0.25) is 0 Å². The number of anilines is 1. The van der Waals surface area contributed by atoms with Crippen molar-refractivity contribution in [3.8, 4) is 0 Å². The molecule has 2 heteroatoms. The zero-order chi connectivity index (χ0) is 14.8. The Bertz CT molecular complexity index is 467. The molecular formula is C18H27NO. The Balaban J connectivity index is 2.06. The van der Waals surface area contributed by atoms with Crippen LogP contribution >= 0.6 is 0 Å². The molecule has 0 amide bonds. The van der Waals surface area contributed by atoms with Crippen LogP contribution in [0, 0.1) is 5.41 Å². The molecule has 1 aliphatic heterocycles. The first-order chi connectivity index (χ1) is 9.41. The number of nitrogens with zero attached hydrogens (tertiary/aromatic N) is 1. The first-order valence-electron chi connectivity index (χ1n) is 7.64. The van der Waals surface area contributed by atoms with Crippen molar-refractivity contribution in [2.24, 2.45) is 5.41 Å². The van der Waals surface area contributed by atoms with E-state index in [1.807, 2.05) is 19.1 Å². The van der Waals surface area contributed by atoms with Gasteiger partial charge in [-0.25, -0.2) is 0 Å². The van der Waals surface area contributed by atoms with Gasteiger partial charge in [-0.15, -0.1) is 0 Å². The Kier molecular flexibility index (Phi) is 4.54. The van der Waals surface area contributed by atoms with Crippen molar-refractivity contribution in [1.82, 2.24) is 0 Å². The minimum absolute atomic E-state index is 0.293. The number of hydrogen-bond donors (Lipinski definition) is 1. The second-order valence-corrected chi connectivity index (χ2v) is 6.69. The Morgan fingerprint density at radius 2 is 1.85 bits per heavy atom. The lowest BCUT2D eigenvalue weighted by atomic mass is 9.83. The predicted octanol–water partition coefficient (Wildman–Crippen LogP) is 4.31. The third kappa shape index (κ3) is 3.43. The van der Waals surface area contributed by atoms with Gasteiger partial charge >= 0.3 is 0 Å². The van der Waals surface area contributed by atoms with E-state index in [0.29, 0.717) is 5.41 Å². The van der Waals surface area contributed by atoms with E-state index in [0.717, 1.165) is 31.5 Å². The molecule has 0 radical (unpaired) electrons. The Morgan fingerprint density at radius 1 is 1.20 bits per heavy atom. The maximum absolute atomic E-state index is 9.83. The van der Waals surface area contributed by atoms with Crippen LogP contribution in [0.1, 0.15) is 52.2 Å². The molecule has 1 unspecified atom stereocenters. The summed E-state index contributed by atoms with van der Waals surface area (Å²) in [6.45, 7) is 10.9. The summed E-state index contributed by atoms with van der Waals surface area (Å²) in [5.74, 6) is 0. The summed E-state index contributed by atoms with van der Waals surface area (Å²) in [6.07, 6.45) is 3.94. The standard InChI is InChI=1S/C18H27NO/c1-5-17(20)14-6-8-16(9-7-14)19-12-10-15(11-13-19)18(2,3)4/h6-10,17,20H,5,11-13H2,1-4H3. The van der Waals surface area contributed by atoms with Crippen LogP contribution in [-0.2, 0) is 0 Å². The van der Waals surface area contributed by atoms with E-state index >= 15 is 0 Å². The van der Waals surface area contributed by atoms with Gasteiger partial charge in [0.25, 0.3) is 0 Å². The summed E-state index contributed by atoms with van der Waals surface area (Å²) >= 11 is 0. The first kappa shape index (κ1) is 15.1. The van der Waals surface area contributed by atoms with Crippen LogP contribution in [0.4, 0.5) is 5.69 Å². The van der Waals surface area contributed by atoms with Gasteiger partial charge in [0.2, 0.25) is 0 Å². The quantitative estimate of drug-likeness (QED) is 0.829. The molecule has 2 rings (SSSR count). The molecular weight excluding hydrogens is 246 g/mol. The van der Waals surface area contributed by atoms with Gasteiger partial charge in [0, 0.05) is 18.8 Å². The van der Waals surface area contributed by atoms with Crippen LogP contribution in [0.3, 0.4) is 0 Å². The van der Waals surface area contributed by atoms with Crippen LogP contribution in [-0.4, -0.2) is 18.2 Å². The van der Waals surface area contributed by atoms with E-state index in [9.17, 15) is 5.11 Å². The number of rotatable bonds is 3. The second-order valence-electron chi connectivity index (χ2n) is 6.69. The lowest BCUT2D eigenvalue weighted by Crippen LogP contribution is -2.31. The minimum atomic E-state index is -0.335. The van der Waals surface area contributed by atoms with Crippen molar-refractivity contribution in [3.63, 3.8) is 0 Å². The Hall–Kier alpha value is -1.28. The molecule has 0 aliphatic carbocycles. The largest absolute Gasteiger partial charge is 0.388 e. The van der Waals surface area contributed by atoms with Crippen molar-refractivity contribution in [3.05, 3.63) is 41.5 Å². The van der Waals surface area contributed by atoms with Crippen LogP contribution < -0.4 is 4.90 Å². The SMILES string of the molecule is CCC(O)c1ccc(N2CC=C(C(C)(C)C)CC2)cc1. The molecule has 2 nitrogen and oxygen atoms in total. The summed E-state index contributed by atoms with van der Waals surface area (Å²) < 4.78 is 0. The third-order valence-corrected chi connectivity index (χ3v) is 4.20. The van der Waals surface area contributed by atoms with Crippen molar-refractivity contribution in [2.75, 3.05) is 18.0 Å². The van der Waals surface area contributed by atoms with Crippen LogP contribution in [0.2, 0.25) is 0 Å². The first-order valence-corrected chi connectivity index (χ1v) is 7.64. The van der Waals surface area contributed by atoms with Gasteiger partial charge in [0.1, 0.15) is 0 Å². The van der Waals surface area contributed by atoms with E-state index in [2.05, 4.69) is 43.9 Å². The molecule has 1 N–H and O–H groups in total. The number of aliphatic hydroxyl groups is 1. The molecule has 1 aromatic rings. The predicted molar refractivity (Wildman–Crippen MR) is 86.1 cm³/mol. The minimum Gasteiger partial charge on any atom is -0.388 e. The monoisotopic (exact) mass is 273 g/mol. The molecule has 1 aromatic carbocycles. The summed E-state index contributed by atoms with van der Waals surface area (Å²) in [5.41, 5.74) is 4.12. The molecule has 1 aliphatic rings. The highest BCUT2D eigenvalue weighted by Gasteiger charge is 2.21. The topological polar surface area (TPSA) is 23.5 Å². The average molecular weight is 273 g/mol. The molecule has 0 saturated heterocycles. The molecule has 0 fully saturated rings. The van der Waals surface area contributed by atoms with E-state index in [1.54, 1.807) is 5.57 Å². The van der Waals surface area contributed by atoms with Gasteiger partial charge in [-0.2, -0.15) is 0 Å². The summed E-state index contributed by atoms with van der Waals surface area (Å²) in [7, 11) is 0. The fourth-order valence-corrected chi connectivity index (χ4v) is 2.73. The van der Waals surface area contributed by atoms with Gasteiger partial charge in [-0.05, 0) is 36.0 Å². The Labute approximate surface area is 123 Å². The fourth-order valence-electron chi connectivity index (χ4n) is 2.73. The number of hydrogen-bond acceptors (Lipinski definition) is 2. The van der Waals surface area contributed by atoms with Crippen LogP contribution in [0.15, 0.2) is 35.9 Å². The summed E-state index contributed by atoms with van der Waals surface area (Å²) in [4.78, 5) is 2.40. The zero-order valence-electron chi connectivity index (χ0n) is 13.2. The zero-order valence-corrected chi connectivity index (χ0v) is 13.2. The molecule has 0 bridgehead atoms. The molecule has 20 heavy (non-hydrogen) atoms. The highest BCUT2D eigenvalue weighted by atomic mass is 16.3. The number of benzene rings is 1. The third-order valence-electron chi connectivity index (χ3n) is 4.20. The summed E-state index contributed by atoms with van der Waals surface area (Å²) in [6, 6.07) is 8.35. The van der Waals surface area contributed by atoms with Gasteiger partial charge in [-0.1, -0.05) is 51.5 Å². The van der Waals surface area contributed by atoms with E-state index in [-0.39, 0.29) is 6.10 Å². The smallest absolute Gasteiger partial charge is 0.0787 e. The van der Waals surface area contributed by atoms with Gasteiger partial charge < -0.3 is 10.0 Å². The highest BCUT2D eigenvalue weighted by molar-refractivity contribution is 5.49. The number of aliphatic hydroxyl groups excluding tert-OH is 1. The fraction of sp³-hybridized carbons (Fsp3) is 0.556. The Morgan fingerprint density at radius 3 is 2.30 bits per heavy atom. The molecule has 0 saturated carbocycles. The van der Waals surface area contributed by atoms with E-state index < -0.39 is 0 Å². The summed E-state index contributed by atoms with van der Waals surface area (Å²) in [5, 5.41) is 9.83. The van der Waals surface area contributed by atoms with Crippen molar-refractivity contribution >= 4 is 5.69 Å². The lowest BCUT2D eigenvalue weighted by molar-refractivity contribution is 0.173. The van der Waals surface area contributed by atoms with E-state index in [1.165, 1.54) is 5.69 Å². The van der Waals surface area contributed by atoms with Crippen LogP contribution in [0.25, 0.3) is 0 Å². The van der Waals surface area contributed by atoms with Gasteiger partial charge in [0.05, 0.1) is 6.10 Å². The average Bonchev–Trinajstić information content (AvgIpc) is 2.46. The molecule has 0 spiro atoms.